The smallest absolute Gasteiger partial charge is 0.306 e. The highest BCUT2D eigenvalue weighted by molar-refractivity contribution is 5.70. The molecule has 2 rings (SSSR count). The summed E-state index contributed by atoms with van der Waals surface area (Å²) in [4.78, 5) is 13.3. The molecule has 0 aromatic heterocycles. The lowest BCUT2D eigenvalue weighted by atomic mass is 9.79. The first-order valence-corrected chi connectivity index (χ1v) is 8.02. The Balaban J connectivity index is 1.67. The van der Waals surface area contributed by atoms with E-state index >= 15 is 0 Å². The molecule has 21 heavy (non-hydrogen) atoms. The zero-order valence-electron chi connectivity index (χ0n) is 12.9. The topological polar surface area (TPSA) is 82.0 Å². The van der Waals surface area contributed by atoms with Gasteiger partial charge in [-0.2, -0.15) is 0 Å². The average Bonchev–Trinajstić information content (AvgIpc) is 2.48. The predicted octanol–water partition coefficient (Wildman–Crippen LogP) is 0.303. The molecule has 1 heterocycles. The molecule has 0 radical (unpaired) electrons. The summed E-state index contributed by atoms with van der Waals surface area (Å²) < 4.78 is 5.72. The second-order valence-corrected chi connectivity index (χ2v) is 6.35. The van der Waals surface area contributed by atoms with Crippen molar-refractivity contribution in [2.24, 2.45) is 5.92 Å². The molecule has 1 saturated carbocycles. The number of hydrogen-bond acceptors (Lipinski definition) is 5. The number of likely N-dealkylation sites (N-methyl/N-ethyl adjacent to an activating group) is 1. The van der Waals surface area contributed by atoms with Crippen molar-refractivity contribution in [3.8, 4) is 0 Å². The quantitative estimate of drug-likeness (QED) is 0.655. The maximum Gasteiger partial charge on any atom is 0.306 e. The normalized spacial score (nSPS) is 34.8. The zero-order chi connectivity index (χ0) is 15.3. The molecular formula is C15H28N2O4. The van der Waals surface area contributed by atoms with Crippen LogP contribution in [-0.2, 0) is 9.53 Å². The van der Waals surface area contributed by atoms with E-state index in [1.807, 2.05) is 0 Å². The van der Waals surface area contributed by atoms with E-state index < -0.39 is 11.6 Å². The Morgan fingerprint density at radius 3 is 2.76 bits per heavy atom. The van der Waals surface area contributed by atoms with Gasteiger partial charge in [-0.05, 0) is 32.2 Å². The molecule has 6 heteroatoms. The molecule has 3 N–H and O–H groups in total. The summed E-state index contributed by atoms with van der Waals surface area (Å²) in [6, 6.07) is 0. The monoisotopic (exact) mass is 300 g/mol. The van der Waals surface area contributed by atoms with Crippen LogP contribution in [0.5, 0.6) is 0 Å². The van der Waals surface area contributed by atoms with Gasteiger partial charge in [0.2, 0.25) is 0 Å². The minimum absolute atomic E-state index is 0.178. The number of nitrogens with one attached hydrogen (secondary N) is 1. The van der Waals surface area contributed by atoms with Crippen molar-refractivity contribution in [1.29, 1.82) is 0 Å². The molecule has 0 aromatic rings. The molecule has 0 bridgehead atoms. The minimum atomic E-state index is -0.759. The molecule has 2 fully saturated rings. The second kappa shape index (κ2) is 7.54. The lowest BCUT2D eigenvalue weighted by Gasteiger charge is -2.36. The van der Waals surface area contributed by atoms with Crippen molar-refractivity contribution in [3.63, 3.8) is 0 Å². The van der Waals surface area contributed by atoms with Gasteiger partial charge in [-0.1, -0.05) is 6.92 Å². The van der Waals surface area contributed by atoms with Crippen molar-refractivity contribution >= 4 is 5.97 Å². The van der Waals surface area contributed by atoms with Gasteiger partial charge in [0.1, 0.15) is 0 Å². The number of aliphatic hydroxyl groups is 1. The van der Waals surface area contributed by atoms with E-state index in [2.05, 4.69) is 17.1 Å². The van der Waals surface area contributed by atoms with Gasteiger partial charge >= 0.3 is 5.97 Å². The number of aliphatic carboxylic acids is 1. The number of nitrogens with zero attached hydrogens (tertiary/aromatic N) is 1. The van der Waals surface area contributed by atoms with Crippen molar-refractivity contribution < 1.29 is 19.7 Å². The van der Waals surface area contributed by atoms with E-state index in [1.54, 1.807) is 0 Å². The van der Waals surface area contributed by atoms with E-state index in [-0.39, 0.29) is 12.0 Å². The van der Waals surface area contributed by atoms with Crippen LogP contribution in [0, 0.1) is 5.92 Å². The van der Waals surface area contributed by atoms with Crippen molar-refractivity contribution in [2.75, 3.05) is 39.3 Å². The van der Waals surface area contributed by atoms with E-state index in [4.69, 9.17) is 9.84 Å². The van der Waals surface area contributed by atoms with Crippen LogP contribution in [0.15, 0.2) is 0 Å². The standard InChI is InChI=1S/C15H28N2O4/c1-2-17-7-8-21-13(10-17)9-16-11-15(20)5-3-12(4-6-15)14(18)19/h12-13,16,20H,2-11H2,1H3,(H,18,19). The fraction of sp³-hybridized carbons (Fsp3) is 0.933. The van der Waals surface area contributed by atoms with Crippen LogP contribution in [-0.4, -0.2) is 72.1 Å². The van der Waals surface area contributed by atoms with Crippen molar-refractivity contribution in [2.45, 2.75) is 44.3 Å². The Labute approximate surface area is 126 Å². The number of morpholine rings is 1. The number of carbonyl (C=O) groups is 1. The van der Waals surface area contributed by atoms with Crippen LogP contribution in [0.2, 0.25) is 0 Å². The molecule has 122 valence electrons. The van der Waals surface area contributed by atoms with Crippen LogP contribution in [0.1, 0.15) is 32.6 Å². The molecule has 0 aromatic carbocycles. The molecule has 0 amide bonds. The summed E-state index contributed by atoms with van der Waals surface area (Å²) in [7, 11) is 0. The SMILES string of the molecule is CCN1CCOC(CNCC2(O)CCC(C(=O)O)CC2)C1. The third-order valence-electron chi connectivity index (χ3n) is 4.76. The van der Waals surface area contributed by atoms with Crippen molar-refractivity contribution in [1.82, 2.24) is 10.2 Å². The summed E-state index contributed by atoms with van der Waals surface area (Å²) in [5, 5.41) is 22.8. The van der Waals surface area contributed by atoms with E-state index in [1.165, 1.54) is 0 Å². The zero-order valence-corrected chi connectivity index (χ0v) is 12.9. The Bertz CT molecular complexity index is 343. The van der Waals surface area contributed by atoms with Gasteiger partial charge in [0, 0.05) is 26.2 Å². The maximum absolute atomic E-state index is 10.9. The lowest BCUT2D eigenvalue weighted by molar-refractivity contribution is -0.144. The summed E-state index contributed by atoms with van der Waals surface area (Å²) in [5.74, 6) is -1.02. The van der Waals surface area contributed by atoms with Gasteiger partial charge in [0.25, 0.3) is 0 Å². The predicted molar refractivity (Wildman–Crippen MR) is 79.3 cm³/mol. The number of ether oxygens (including phenoxy) is 1. The molecule has 2 aliphatic rings. The first-order valence-electron chi connectivity index (χ1n) is 8.02. The summed E-state index contributed by atoms with van der Waals surface area (Å²) in [6.45, 7) is 7.15. The Kier molecular flexibility index (Phi) is 5.98. The minimum Gasteiger partial charge on any atom is -0.481 e. The Morgan fingerprint density at radius 2 is 2.14 bits per heavy atom. The van der Waals surface area contributed by atoms with Crippen LogP contribution >= 0.6 is 0 Å². The number of carboxylic acids is 1. The summed E-state index contributed by atoms with van der Waals surface area (Å²) in [5.41, 5.74) is -0.759. The second-order valence-electron chi connectivity index (χ2n) is 6.35. The summed E-state index contributed by atoms with van der Waals surface area (Å²) >= 11 is 0. The maximum atomic E-state index is 10.9. The molecule has 1 aliphatic heterocycles. The fourth-order valence-corrected chi connectivity index (χ4v) is 3.24. The van der Waals surface area contributed by atoms with E-state index in [0.717, 1.165) is 32.8 Å². The van der Waals surface area contributed by atoms with Gasteiger partial charge in [0.15, 0.2) is 0 Å². The Hall–Kier alpha value is -0.690. The third-order valence-corrected chi connectivity index (χ3v) is 4.76. The van der Waals surface area contributed by atoms with Gasteiger partial charge in [0.05, 0.1) is 24.2 Å². The first kappa shape index (κ1) is 16.7. The molecular weight excluding hydrogens is 272 g/mol. The average molecular weight is 300 g/mol. The highest BCUT2D eigenvalue weighted by atomic mass is 16.5. The third kappa shape index (κ3) is 4.92. The molecule has 1 unspecified atom stereocenters. The molecule has 1 saturated heterocycles. The highest BCUT2D eigenvalue weighted by Crippen LogP contribution is 2.31. The van der Waals surface area contributed by atoms with Gasteiger partial charge in [-0.3, -0.25) is 9.69 Å². The van der Waals surface area contributed by atoms with Crippen LogP contribution in [0.25, 0.3) is 0 Å². The lowest BCUT2D eigenvalue weighted by Crippen LogP contribution is -2.50. The van der Waals surface area contributed by atoms with Crippen molar-refractivity contribution in [3.05, 3.63) is 0 Å². The van der Waals surface area contributed by atoms with Crippen LogP contribution in [0.3, 0.4) is 0 Å². The molecule has 1 atom stereocenters. The number of hydrogen-bond donors (Lipinski definition) is 3. The Morgan fingerprint density at radius 1 is 1.43 bits per heavy atom. The molecule has 6 nitrogen and oxygen atoms in total. The largest absolute Gasteiger partial charge is 0.481 e. The number of rotatable bonds is 6. The van der Waals surface area contributed by atoms with Crippen LogP contribution < -0.4 is 5.32 Å². The molecule has 0 spiro atoms. The van der Waals surface area contributed by atoms with Gasteiger partial charge in [-0.25, -0.2) is 0 Å². The van der Waals surface area contributed by atoms with Crippen LogP contribution in [0.4, 0.5) is 0 Å². The van der Waals surface area contributed by atoms with Gasteiger partial charge < -0.3 is 20.3 Å². The van der Waals surface area contributed by atoms with E-state index in [9.17, 15) is 9.90 Å². The number of carboxylic acid groups (broad SMARTS) is 1. The summed E-state index contributed by atoms with van der Waals surface area (Å²) in [6.07, 6.45) is 2.43. The first-order chi connectivity index (χ1) is 10.0. The highest BCUT2D eigenvalue weighted by Gasteiger charge is 2.35. The van der Waals surface area contributed by atoms with E-state index in [0.29, 0.717) is 32.2 Å². The fourth-order valence-electron chi connectivity index (χ4n) is 3.24. The molecule has 1 aliphatic carbocycles. The van der Waals surface area contributed by atoms with Gasteiger partial charge in [-0.15, -0.1) is 0 Å².